The fourth-order valence-electron chi connectivity index (χ4n) is 4.09. The van der Waals surface area contributed by atoms with Gasteiger partial charge in [0, 0.05) is 38.1 Å². The molecule has 3 rings (SSSR count). The van der Waals surface area contributed by atoms with Crippen molar-refractivity contribution in [3.63, 3.8) is 0 Å². The highest BCUT2D eigenvalue weighted by Gasteiger charge is 2.33. The van der Waals surface area contributed by atoms with Crippen LogP contribution in [-0.2, 0) is 44.1 Å². The van der Waals surface area contributed by atoms with Crippen molar-refractivity contribution in [3.8, 4) is 0 Å². The molecule has 0 aliphatic carbocycles. The SMILES string of the molecule is C=CS(=O)(=O)NC[C@H]1CCN(S(=O)(=O)c2ccc(CN(CC(N)=O)Cc3ccc(C(F)(F)F)cc3)cc2)C1. The molecule has 0 bridgehead atoms. The highest BCUT2D eigenvalue weighted by Crippen LogP contribution is 2.29. The van der Waals surface area contributed by atoms with Crippen molar-refractivity contribution in [2.24, 2.45) is 11.7 Å². The van der Waals surface area contributed by atoms with Gasteiger partial charge in [-0.2, -0.15) is 17.5 Å². The lowest BCUT2D eigenvalue weighted by Crippen LogP contribution is -2.33. The quantitative estimate of drug-likeness (QED) is 0.400. The summed E-state index contributed by atoms with van der Waals surface area (Å²) in [4.78, 5) is 13.3. The van der Waals surface area contributed by atoms with E-state index in [1.807, 2.05) is 0 Å². The van der Waals surface area contributed by atoms with Gasteiger partial charge in [-0.15, -0.1) is 0 Å². The van der Waals surface area contributed by atoms with E-state index in [4.69, 9.17) is 5.73 Å². The first kappa shape index (κ1) is 29.8. The number of halogens is 3. The van der Waals surface area contributed by atoms with Crippen molar-refractivity contribution in [1.82, 2.24) is 13.9 Å². The van der Waals surface area contributed by atoms with E-state index < -0.39 is 37.7 Å². The Bertz CT molecular complexity index is 1350. The van der Waals surface area contributed by atoms with Gasteiger partial charge in [0.05, 0.1) is 17.0 Å². The zero-order valence-corrected chi connectivity index (χ0v) is 22.0. The molecule has 1 aliphatic heterocycles. The Kier molecular flexibility index (Phi) is 9.36. The van der Waals surface area contributed by atoms with E-state index in [9.17, 15) is 34.8 Å². The molecule has 3 N–H and O–H groups in total. The second kappa shape index (κ2) is 11.9. The lowest BCUT2D eigenvalue weighted by molar-refractivity contribution is -0.137. The molecule has 0 saturated carbocycles. The smallest absolute Gasteiger partial charge is 0.369 e. The van der Waals surface area contributed by atoms with Gasteiger partial charge in [0.2, 0.25) is 26.0 Å². The van der Waals surface area contributed by atoms with Crippen LogP contribution in [0.4, 0.5) is 13.2 Å². The molecule has 208 valence electrons. The van der Waals surface area contributed by atoms with Gasteiger partial charge < -0.3 is 5.73 Å². The Hall–Kier alpha value is -2.78. The maximum Gasteiger partial charge on any atom is 0.416 e. The van der Waals surface area contributed by atoms with Crippen molar-refractivity contribution >= 4 is 26.0 Å². The fraction of sp³-hybridized carbons (Fsp3) is 0.375. The number of nitrogens with two attached hydrogens (primary N) is 1. The van der Waals surface area contributed by atoms with Gasteiger partial charge in [0.15, 0.2) is 0 Å². The third-order valence-corrected chi connectivity index (χ3v) is 8.96. The first-order valence-electron chi connectivity index (χ1n) is 11.6. The first-order valence-corrected chi connectivity index (χ1v) is 14.6. The number of hydrogen-bond donors (Lipinski definition) is 2. The molecule has 1 aliphatic rings. The number of carbonyl (C=O) groups excluding carboxylic acids is 1. The first-order chi connectivity index (χ1) is 17.7. The summed E-state index contributed by atoms with van der Waals surface area (Å²) in [6, 6.07) is 10.7. The summed E-state index contributed by atoms with van der Waals surface area (Å²) >= 11 is 0. The molecule has 0 aromatic heterocycles. The lowest BCUT2D eigenvalue weighted by atomic mass is 10.1. The molecule has 2 aromatic rings. The third kappa shape index (κ3) is 8.11. The van der Waals surface area contributed by atoms with Gasteiger partial charge >= 0.3 is 6.18 Å². The van der Waals surface area contributed by atoms with Gasteiger partial charge in [-0.3, -0.25) is 9.69 Å². The van der Waals surface area contributed by atoms with Crippen molar-refractivity contribution in [2.45, 2.75) is 30.6 Å². The number of alkyl halides is 3. The standard InChI is InChI=1S/C24H29F3N4O5S2/c1-2-37(33,34)29-13-20-11-12-31(16-20)38(35,36)22-9-5-19(6-10-22)15-30(17-23(28)32)14-18-3-7-21(8-4-18)24(25,26)27/h2-10,20,29H,1,11-17H2,(H2,28,32)/t20-/m1/s1. The third-order valence-electron chi connectivity index (χ3n) is 6.08. The zero-order chi connectivity index (χ0) is 28.1. The van der Waals surface area contributed by atoms with E-state index in [-0.39, 0.29) is 50.1 Å². The number of carbonyl (C=O) groups is 1. The second-order valence-corrected chi connectivity index (χ2v) is 12.7. The number of sulfonamides is 2. The van der Waals surface area contributed by atoms with E-state index in [1.54, 1.807) is 17.0 Å². The van der Waals surface area contributed by atoms with Gasteiger partial charge in [0.25, 0.3) is 0 Å². The zero-order valence-electron chi connectivity index (χ0n) is 20.4. The summed E-state index contributed by atoms with van der Waals surface area (Å²) in [5.74, 6) is -0.790. The highest BCUT2D eigenvalue weighted by atomic mass is 32.2. The molecule has 14 heteroatoms. The molecule has 1 amide bonds. The fourth-order valence-corrected chi connectivity index (χ4v) is 6.21. The Morgan fingerprint density at radius 2 is 1.61 bits per heavy atom. The molecule has 2 aromatic carbocycles. The molecule has 1 fully saturated rings. The largest absolute Gasteiger partial charge is 0.416 e. The second-order valence-electron chi connectivity index (χ2n) is 9.03. The normalized spacial score (nSPS) is 17.1. The van der Waals surface area contributed by atoms with Crippen LogP contribution in [0.15, 0.2) is 65.4 Å². The molecule has 1 atom stereocenters. The number of nitrogens with zero attached hydrogens (tertiary/aromatic N) is 2. The minimum atomic E-state index is -4.45. The van der Waals surface area contributed by atoms with Gasteiger partial charge in [-0.25, -0.2) is 21.6 Å². The van der Waals surface area contributed by atoms with Crippen LogP contribution in [0, 0.1) is 5.92 Å². The number of hydrogen-bond acceptors (Lipinski definition) is 6. The van der Waals surface area contributed by atoms with Crippen molar-refractivity contribution in [2.75, 3.05) is 26.2 Å². The predicted molar refractivity (Wildman–Crippen MR) is 135 cm³/mol. The number of benzene rings is 2. The number of nitrogens with one attached hydrogen (secondary N) is 1. The van der Waals surface area contributed by atoms with E-state index in [2.05, 4.69) is 11.3 Å². The van der Waals surface area contributed by atoms with Gasteiger partial charge in [-0.1, -0.05) is 30.8 Å². The van der Waals surface area contributed by atoms with E-state index in [1.165, 1.54) is 28.6 Å². The van der Waals surface area contributed by atoms with Gasteiger partial charge in [-0.05, 0) is 47.7 Å². The summed E-state index contributed by atoms with van der Waals surface area (Å²) < 4.78 is 91.4. The van der Waals surface area contributed by atoms with Crippen LogP contribution < -0.4 is 10.5 Å². The van der Waals surface area contributed by atoms with Crippen LogP contribution in [-0.4, -0.2) is 58.1 Å². The number of amides is 1. The monoisotopic (exact) mass is 574 g/mol. The maximum absolute atomic E-state index is 13.1. The molecule has 1 saturated heterocycles. The summed E-state index contributed by atoms with van der Waals surface area (Å²) in [6.45, 7) is 3.97. The van der Waals surface area contributed by atoms with Crippen LogP contribution in [0.3, 0.4) is 0 Å². The van der Waals surface area contributed by atoms with Crippen LogP contribution >= 0.6 is 0 Å². The molecular weight excluding hydrogens is 545 g/mol. The molecule has 1 heterocycles. The predicted octanol–water partition coefficient (Wildman–Crippen LogP) is 2.27. The van der Waals surface area contributed by atoms with E-state index >= 15 is 0 Å². The summed E-state index contributed by atoms with van der Waals surface area (Å²) in [5.41, 5.74) is 5.79. The molecule has 0 radical (unpaired) electrons. The van der Waals surface area contributed by atoms with Gasteiger partial charge in [0.1, 0.15) is 0 Å². The van der Waals surface area contributed by atoms with E-state index in [0.29, 0.717) is 17.5 Å². The van der Waals surface area contributed by atoms with Crippen LogP contribution in [0.5, 0.6) is 0 Å². The molecule has 0 spiro atoms. The molecule has 0 unspecified atom stereocenters. The average molecular weight is 575 g/mol. The number of primary amides is 1. The van der Waals surface area contributed by atoms with Crippen LogP contribution in [0.1, 0.15) is 23.1 Å². The molecular formula is C24H29F3N4O5S2. The summed E-state index contributed by atoms with van der Waals surface area (Å²) in [5, 5.41) is 0.798. The Labute approximate surface area is 220 Å². The molecule has 9 nitrogen and oxygen atoms in total. The summed E-state index contributed by atoms with van der Waals surface area (Å²) in [7, 11) is -7.40. The van der Waals surface area contributed by atoms with Crippen molar-refractivity contribution in [3.05, 3.63) is 77.2 Å². The van der Waals surface area contributed by atoms with Crippen LogP contribution in [0.25, 0.3) is 0 Å². The average Bonchev–Trinajstić information content (AvgIpc) is 3.33. The minimum absolute atomic E-state index is 0.0674. The Morgan fingerprint density at radius 3 is 2.11 bits per heavy atom. The maximum atomic E-state index is 13.1. The van der Waals surface area contributed by atoms with Crippen LogP contribution in [0.2, 0.25) is 0 Å². The topological polar surface area (TPSA) is 130 Å². The lowest BCUT2D eigenvalue weighted by Gasteiger charge is -2.22. The van der Waals surface area contributed by atoms with Crippen molar-refractivity contribution in [1.29, 1.82) is 0 Å². The minimum Gasteiger partial charge on any atom is -0.369 e. The Balaban J connectivity index is 1.65. The molecule has 38 heavy (non-hydrogen) atoms. The number of rotatable bonds is 12. The highest BCUT2D eigenvalue weighted by molar-refractivity contribution is 7.92. The van der Waals surface area contributed by atoms with Crippen molar-refractivity contribution < 1.29 is 34.8 Å². The summed E-state index contributed by atoms with van der Waals surface area (Å²) in [6.07, 6.45) is -3.95. The van der Waals surface area contributed by atoms with E-state index in [0.717, 1.165) is 17.5 Å². The Morgan fingerprint density at radius 1 is 1.05 bits per heavy atom.